The number of nitrogens with zero attached hydrogens (tertiary/aromatic N) is 7. The predicted molar refractivity (Wildman–Crippen MR) is 134 cm³/mol. The topological polar surface area (TPSA) is 107 Å². The highest BCUT2D eigenvalue weighted by Gasteiger charge is 2.06. The molecule has 0 unspecified atom stereocenters. The number of guanidine groups is 1. The zero-order valence-corrected chi connectivity index (χ0v) is 21.4. The van der Waals surface area contributed by atoms with E-state index in [1.807, 2.05) is 35.2 Å². The number of benzene rings is 1. The van der Waals surface area contributed by atoms with E-state index in [0.29, 0.717) is 13.1 Å². The van der Waals surface area contributed by atoms with Crippen LogP contribution in [0.4, 0.5) is 0 Å². The standard InChI is InChI=1S/C21H31N9O.HI/c1-5-19-27-25-15-30(19)13-12-23-21(24-14-20-28-26-16(2)29(20)3)22-11-10-17-6-8-18(31-4)9-7-17;/h6-9,15H,5,10-14H2,1-4H3,(H2,22,23,24);1H. The quantitative estimate of drug-likeness (QED) is 0.224. The number of ether oxygens (including phenoxy) is 1. The van der Waals surface area contributed by atoms with Gasteiger partial charge in [-0.1, -0.05) is 19.1 Å². The second-order valence-corrected chi connectivity index (χ2v) is 7.13. The van der Waals surface area contributed by atoms with E-state index in [0.717, 1.165) is 55.1 Å². The summed E-state index contributed by atoms with van der Waals surface area (Å²) in [4.78, 5) is 4.70. The van der Waals surface area contributed by atoms with E-state index < -0.39 is 0 Å². The van der Waals surface area contributed by atoms with Gasteiger partial charge >= 0.3 is 0 Å². The number of aliphatic imine (C=N–C) groups is 1. The Balaban J connectivity index is 0.00000363. The molecule has 11 heteroatoms. The molecule has 0 aliphatic heterocycles. The Kier molecular flexibility index (Phi) is 10.4. The summed E-state index contributed by atoms with van der Waals surface area (Å²) in [6.45, 7) is 6.67. The van der Waals surface area contributed by atoms with Crippen molar-refractivity contribution in [2.75, 3.05) is 20.2 Å². The third-order valence-electron chi connectivity index (χ3n) is 5.08. The van der Waals surface area contributed by atoms with Crippen LogP contribution in [-0.2, 0) is 33.0 Å². The maximum atomic E-state index is 5.22. The van der Waals surface area contributed by atoms with Gasteiger partial charge in [0.05, 0.1) is 7.11 Å². The lowest BCUT2D eigenvalue weighted by atomic mass is 10.1. The molecule has 0 spiro atoms. The summed E-state index contributed by atoms with van der Waals surface area (Å²) < 4.78 is 9.22. The Morgan fingerprint density at radius 1 is 1.06 bits per heavy atom. The fourth-order valence-corrected chi connectivity index (χ4v) is 3.06. The molecule has 0 aliphatic rings. The molecule has 2 aromatic heterocycles. The average Bonchev–Trinajstić information content (AvgIpc) is 3.38. The van der Waals surface area contributed by atoms with Gasteiger partial charge in [-0.05, 0) is 31.0 Å². The van der Waals surface area contributed by atoms with Crippen LogP contribution >= 0.6 is 24.0 Å². The molecule has 174 valence electrons. The number of methoxy groups -OCH3 is 1. The first-order valence-corrected chi connectivity index (χ1v) is 10.5. The minimum atomic E-state index is 0. The van der Waals surface area contributed by atoms with Crippen LogP contribution in [0.3, 0.4) is 0 Å². The molecule has 3 aromatic rings. The summed E-state index contributed by atoms with van der Waals surface area (Å²) in [7, 11) is 3.62. The normalized spacial score (nSPS) is 11.2. The van der Waals surface area contributed by atoms with Gasteiger partial charge in [-0.25, -0.2) is 4.99 Å². The summed E-state index contributed by atoms with van der Waals surface area (Å²) in [5.41, 5.74) is 1.23. The zero-order chi connectivity index (χ0) is 22.1. The molecule has 0 radical (unpaired) electrons. The van der Waals surface area contributed by atoms with Crippen molar-refractivity contribution in [3.05, 3.63) is 53.6 Å². The molecule has 32 heavy (non-hydrogen) atoms. The van der Waals surface area contributed by atoms with E-state index in [-0.39, 0.29) is 24.0 Å². The van der Waals surface area contributed by atoms with Gasteiger partial charge in [0.15, 0.2) is 11.8 Å². The van der Waals surface area contributed by atoms with Crippen LogP contribution < -0.4 is 15.4 Å². The van der Waals surface area contributed by atoms with Crippen molar-refractivity contribution in [2.24, 2.45) is 12.0 Å². The van der Waals surface area contributed by atoms with Crippen molar-refractivity contribution >= 4 is 29.9 Å². The second-order valence-electron chi connectivity index (χ2n) is 7.13. The molecule has 0 aliphatic carbocycles. The van der Waals surface area contributed by atoms with Crippen molar-refractivity contribution in [1.82, 2.24) is 40.2 Å². The Labute approximate surface area is 205 Å². The van der Waals surface area contributed by atoms with Gasteiger partial charge < -0.3 is 24.5 Å². The summed E-state index contributed by atoms with van der Waals surface area (Å²) in [5.74, 6) is 4.26. The summed E-state index contributed by atoms with van der Waals surface area (Å²) in [5, 5.41) is 23.2. The first-order valence-electron chi connectivity index (χ1n) is 10.5. The Hall–Kier alpha value is -2.70. The number of aryl methyl sites for hydroxylation is 2. The molecule has 0 atom stereocenters. The van der Waals surface area contributed by atoms with E-state index >= 15 is 0 Å². The zero-order valence-electron chi connectivity index (χ0n) is 19.1. The van der Waals surface area contributed by atoms with Gasteiger partial charge in [-0.2, -0.15) is 0 Å². The number of hydrogen-bond donors (Lipinski definition) is 2. The summed E-state index contributed by atoms with van der Waals surface area (Å²) >= 11 is 0. The monoisotopic (exact) mass is 553 g/mol. The van der Waals surface area contributed by atoms with Gasteiger partial charge in [-0.15, -0.1) is 44.4 Å². The van der Waals surface area contributed by atoms with E-state index in [9.17, 15) is 0 Å². The second kappa shape index (κ2) is 13.0. The maximum Gasteiger partial charge on any atom is 0.191 e. The number of rotatable bonds is 10. The van der Waals surface area contributed by atoms with E-state index in [4.69, 9.17) is 9.73 Å². The lowest BCUT2D eigenvalue weighted by Crippen LogP contribution is -2.40. The highest BCUT2D eigenvalue weighted by molar-refractivity contribution is 14.0. The number of hydrogen-bond acceptors (Lipinski definition) is 6. The summed E-state index contributed by atoms with van der Waals surface area (Å²) in [6, 6.07) is 8.10. The summed E-state index contributed by atoms with van der Waals surface area (Å²) in [6.07, 6.45) is 3.49. The molecular weight excluding hydrogens is 521 g/mol. The molecule has 0 fully saturated rings. The van der Waals surface area contributed by atoms with Gasteiger partial charge in [0, 0.05) is 33.1 Å². The van der Waals surface area contributed by atoms with Crippen molar-refractivity contribution in [1.29, 1.82) is 0 Å². The van der Waals surface area contributed by atoms with Crippen molar-refractivity contribution in [3.8, 4) is 5.75 Å². The molecule has 0 saturated heterocycles. The molecule has 1 aromatic carbocycles. The van der Waals surface area contributed by atoms with Gasteiger partial charge in [-0.3, -0.25) is 0 Å². The number of halogens is 1. The van der Waals surface area contributed by atoms with Crippen LogP contribution in [0.2, 0.25) is 0 Å². The van der Waals surface area contributed by atoms with Gasteiger partial charge in [0.25, 0.3) is 0 Å². The average molecular weight is 553 g/mol. The molecule has 2 heterocycles. The molecule has 10 nitrogen and oxygen atoms in total. The van der Waals surface area contributed by atoms with E-state index in [1.54, 1.807) is 13.4 Å². The van der Waals surface area contributed by atoms with Crippen molar-refractivity contribution in [2.45, 2.75) is 39.8 Å². The molecule has 3 rings (SSSR count). The number of nitrogens with one attached hydrogen (secondary N) is 2. The Morgan fingerprint density at radius 3 is 2.47 bits per heavy atom. The number of aromatic nitrogens is 6. The van der Waals surface area contributed by atoms with Crippen LogP contribution in [0, 0.1) is 6.92 Å². The van der Waals surface area contributed by atoms with Crippen LogP contribution in [0.1, 0.15) is 30.0 Å². The molecule has 0 amide bonds. The minimum absolute atomic E-state index is 0. The Morgan fingerprint density at radius 2 is 1.81 bits per heavy atom. The molecule has 2 N–H and O–H groups in total. The third kappa shape index (κ3) is 7.18. The highest BCUT2D eigenvalue weighted by Crippen LogP contribution is 2.11. The van der Waals surface area contributed by atoms with Crippen LogP contribution in [0.25, 0.3) is 0 Å². The molecular formula is C21H32IN9O. The maximum absolute atomic E-state index is 5.22. The van der Waals surface area contributed by atoms with Crippen LogP contribution in [0.15, 0.2) is 35.6 Å². The largest absolute Gasteiger partial charge is 0.497 e. The third-order valence-corrected chi connectivity index (χ3v) is 5.08. The minimum Gasteiger partial charge on any atom is -0.497 e. The predicted octanol–water partition coefficient (Wildman–Crippen LogP) is 1.88. The van der Waals surface area contributed by atoms with Gasteiger partial charge in [0.2, 0.25) is 0 Å². The van der Waals surface area contributed by atoms with Crippen LogP contribution in [0.5, 0.6) is 5.75 Å². The first kappa shape index (κ1) is 25.6. The van der Waals surface area contributed by atoms with Crippen molar-refractivity contribution in [3.63, 3.8) is 0 Å². The Bertz CT molecular complexity index is 982. The van der Waals surface area contributed by atoms with E-state index in [2.05, 4.69) is 50.1 Å². The first-order chi connectivity index (χ1) is 15.1. The van der Waals surface area contributed by atoms with Crippen molar-refractivity contribution < 1.29 is 4.74 Å². The SMILES string of the molecule is CCc1nncn1CCNC(=NCc1nnc(C)n1C)NCCc1ccc(OC)cc1.I. The highest BCUT2D eigenvalue weighted by atomic mass is 127. The smallest absolute Gasteiger partial charge is 0.191 e. The fraction of sp³-hybridized carbons (Fsp3) is 0.476. The molecule has 0 bridgehead atoms. The lowest BCUT2D eigenvalue weighted by Gasteiger charge is -2.13. The molecule has 0 saturated carbocycles. The fourth-order valence-electron chi connectivity index (χ4n) is 3.06. The van der Waals surface area contributed by atoms with Gasteiger partial charge in [0.1, 0.15) is 30.3 Å². The van der Waals surface area contributed by atoms with Crippen LogP contribution in [-0.4, -0.2) is 55.7 Å². The van der Waals surface area contributed by atoms with E-state index in [1.165, 1.54) is 5.56 Å². The lowest BCUT2D eigenvalue weighted by molar-refractivity contribution is 0.414.